The molecule has 1 unspecified atom stereocenters. The van der Waals surface area contributed by atoms with Crippen molar-refractivity contribution in [3.8, 4) is 0 Å². The van der Waals surface area contributed by atoms with E-state index in [9.17, 15) is 13.2 Å². The molecule has 0 spiro atoms. The van der Waals surface area contributed by atoms with E-state index in [0.29, 0.717) is 10.9 Å². The highest BCUT2D eigenvalue weighted by Gasteiger charge is 2.49. The van der Waals surface area contributed by atoms with Crippen LogP contribution in [0.5, 0.6) is 0 Å². The Labute approximate surface area is 88.0 Å². The van der Waals surface area contributed by atoms with Crippen molar-refractivity contribution >= 4 is 0 Å². The van der Waals surface area contributed by atoms with Gasteiger partial charge in [0, 0.05) is 32.2 Å². The number of nitrogens with zero attached hydrogens (tertiary/aromatic N) is 2. The number of fused-ring (bicyclic) bond motifs is 1. The first-order valence-corrected chi connectivity index (χ1v) is 5.43. The molecule has 2 nitrogen and oxygen atoms in total. The number of alkyl halides is 3. The van der Waals surface area contributed by atoms with Crippen LogP contribution in [0.2, 0.25) is 0 Å². The number of likely N-dealkylation sites (tertiary alicyclic amines) is 2. The normalized spacial score (nSPS) is 34.0. The first-order chi connectivity index (χ1) is 6.88. The summed E-state index contributed by atoms with van der Waals surface area (Å²) in [6.45, 7) is 6.24. The average molecular weight is 222 g/mol. The summed E-state index contributed by atoms with van der Waals surface area (Å²) in [4.78, 5) is 2.95. The van der Waals surface area contributed by atoms with Crippen LogP contribution in [-0.2, 0) is 0 Å². The Balaban J connectivity index is 1.94. The maximum Gasteiger partial charge on any atom is 0.459 e. The molecule has 2 saturated heterocycles. The third-order valence-electron chi connectivity index (χ3n) is 3.60. The number of halogens is 3. The van der Waals surface area contributed by atoms with Crippen LogP contribution < -0.4 is 0 Å². The fourth-order valence-corrected chi connectivity index (χ4v) is 2.66. The highest BCUT2D eigenvalue weighted by molar-refractivity contribution is 4.94. The van der Waals surface area contributed by atoms with Gasteiger partial charge < -0.3 is 4.90 Å². The Morgan fingerprint density at radius 2 is 1.47 bits per heavy atom. The van der Waals surface area contributed by atoms with E-state index in [1.165, 1.54) is 0 Å². The van der Waals surface area contributed by atoms with Gasteiger partial charge in [0.25, 0.3) is 0 Å². The fraction of sp³-hybridized carbons (Fsp3) is 1.00. The third-order valence-corrected chi connectivity index (χ3v) is 3.60. The molecule has 0 aliphatic carbocycles. The third kappa shape index (κ3) is 2.13. The molecule has 2 heterocycles. The Kier molecular flexibility index (Phi) is 2.71. The minimum atomic E-state index is -4.13. The van der Waals surface area contributed by atoms with Crippen LogP contribution in [0.1, 0.15) is 13.8 Å². The maximum atomic E-state index is 12.4. The van der Waals surface area contributed by atoms with Crippen LogP contribution >= 0.6 is 0 Å². The van der Waals surface area contributed by atoms with E-state index in [1.54, 1.807) is 0 Å². The van der Waals surface area contributed by atoms with Crippen molar-refractivity contribution in [1.82, 2.24) is 9.80 Å². The van der Waals surface area contributed by atoms with Gasteiger partial charge in [-0.2, -0.15) is 13.2 Å². The molecular formula is C10H17F3N2. The molecule has 15 heavy (non-hydrogen) atoms. The van der Waals surface area contributed by atoms with Gasteiger partial charge in [0.15, 0.2) is 0 Å². The molecule has 2 fully saturated rings. The van der Waals surface area contributed by atoms with E-state index in [2.05, 4.69) is 18.7 Å². The second-order valence-corrected chi connectivity index (χ2v) is 4.94. The standard InChI is InChI=1S/C10H17F3N2/c1-7(2)14-3-8-5-15(10(11,12)13)6-9(8)4-14/h7-9H,3-6H2,1-2H3/t8-,9?/m0/s1. The Hall–Kier alpha value is -0.290. The zero-order chi connectivity index (χ0) is 11.2. The summed E-state index contributed by atoms with van der Waals surface area (Å²) in [7, 11) is 0. The molecule has 0 aromatic heterocycles. The van der Waals surface area contributed by atoms with Crippen LogP contribution in [0.4, 0.5) is 13.2 Å². The smallest absolute Gasteiger partial charge is 0.300 e. The predicted molar refractivity (Wildman–Crippen MR) is 51.3 cm³/mol. The zero-order valence-electron chi connectivity index (χ0n) is 9.09. The van der Waals surface area contributed by atoms with Crippen LogP contribution in [-0.4, -0.2) is 48.3 Å². The van der Waals surface area contributed by atoms with Gasteiger partial charge in [-0.3, -0.25) is 0 Å². The van der Waals surface area contributed by atoms with Gasteiger partial charge in [-0.1, -0.05) is 0 Å². The Morgan fingerprint density at radius 3 is 1.80 bits per heavy atom. The van der Waals surface area contributed by atoms with Gasteiger partial charge in [-0.05, 0) is 25.7 Å². The molecule has 0 aromatic carbocycles. The largest absolute Gasteiger partial charge is 0.459 e. The lowest BCUT2D eigenvalue weighted by atomic mass is 10.0. The molecule has 0 N–H and O–H groups in total. The molecule has 5 heteroatoms. The number of hydrogen-bond acceptors (Lipinski definition) is 2. The quantitative estimate of drug-likeness (QED) is 0.624. The molecule has 0 saturated carbocycles. The van der Waals surface area contributed by atoms with Crippen LogP contribution in [0, 0.1) is 11.8 Å². The van der Waals surface area contributed by atoms with E-state index < -0.39 is 6.30 Å². The van der Waals surface area contributed by atoms with Crippen molar-refractivity contribution in [2.24, 2.45) is 11.8 Å². The molecular weight excluding hydrogens is 205 g/mol. The molecule has 2 rings (SSSR count). The van der Waals surface area contributed by atoms with Crippen LogP contribution in [0.25, 0.3) is 0 Å². The minimum absolute atomic E-state index is 0.192. The molecule has 2 aliphatic rings. The van der Waals surface area contributed by atoms with Crippen molar-refractivity contribution in [2.75, 3.05) is 26.2 Å². The summed E-state index contributed by atoms with van der Waals surface area (Å²) < 4.78 is 37.3. The van der Waals surface area contributed by atoms with E-state index in [4.69, 9.17) is 0 Å². The van der Waals surface area contributed by atoms with E-state index in [1.807, 2.05) is 0 Å². The topological polar surface area (TPSA) is 6.48 Å². The van der Waals surface area contributed by atoms with Gasteiger partial charge in [-0.15, -0.1) is 0 Å². The summed E-state index contributed by atoms with van der Waals surface area (Å²) in [6, 6.07) is 0.454. The zero-order valence-corrected chi connectivity index (χ0v) is 9.09. The highest BCUT2D eigenvalue weighted by atomic mass is 19.4. The van der Waals surface area contributed by atoms with Gasteiger partial charge in [-0.25, -0.2) is 4.90 Å². The van der Waals surface area contributed by atoms with Crippen molar-refractivity contribution in [3.05, 3.63) is 0 Å². The predicted octanol–water partition coefficient (Wildman–Crippen LogP) is 1.78. The number of hydrogen-bond donors (Lipinski definition) is 0. The summed E-state index contributed by atoms with van der Waals surface area (Å²) >= 11 is 0. The van der Waals surface area contributed by atoms with Crippen molar-refractivity contribution in [1.29, 1.82) is 0 Å². The lowest BCUT2D eigenvalue weighted by molar-refractivity contribution is -0.240. The molecule has 2 aliphatic heterocycles. The molecule has 0 aromatic rings. The summed E-state index contributed by atoms with van der Waals surface area (Å²) in [5, 5.41) is 0. The monoisotopic (exact) mass is 222 g/mol. The van der Waals surface area contributed by atoms with Crippen LogP contribution in [0.15, 0.2) is 0 Å². The lowest BCUT2D eigenvalue weighted by Gasteiger charge is -2.25. The first kappa shape index (κ1) is 11.2. The lowest BCUT2D eigenvalue weighted by Crippen LogP contribution is -2.39. The minimum Gasteiger partial charge on any atom is -0.300 e. The Morgan fingerprint density at radius 1 is 1.00 bits per heavy atom. The summed E-state index contributed by atoms with van der Waals surface area (Å²) in [5.41, 5.74) is 0. The van der Waals surface area contributed by atoms with E-state index >= 15 is 0 Å². The van der Waals surface area contributed by atoms with Gasteiger partial charge in [0.05, 0.1) is 0 Å². The van der Waals surface area contributed by atoms with Gasteiger partial charge >= 0.3 is 6.30 Å². The average Bonchev–Trinajstić information content (AvgIpc) is 2.55. The molecule has 0 bridgehead atoms. The van der Waals surface area contributed by atoms with Crippen molar-refractivity contribution in [2.45, 2.75) is 26.2 Å². The SMILES string of the molecule is CC(C)N1CC2CN(C(F)(F)F)C[C@@H]2C1. The second-order valence-electron chi connectivity index (χ2n) is 4.94. The maximum absolute atomic E-state index is 12.4. The molecule has 0 amide bonds. The van der Waals surface area contributed by atoms with Crippen molar-refractivity contribution < 1.29 is 13.2 Å². The van der Waals surface area contributed by atoms with Gasteiger partial charge in [0.2, 0.25) is 0 Å². The highest BCUT2D eigenvalue weighted by Crippen LogP contribution is 2.37. The molecule has 2 atom stereocenters. The van der Waals surface area contributed by atoms with Gasteiger partial charge in [0.1, 0.15) is 0 Å². The fourth-order valence-electron chi connectivity index (χ4n) is 2.66. The number of rotatable bonds is 1. The van der Waals surface area contributed by atoms with Crippen molar-refractivity contribution in [3.63, 3.8) is 0 Å². The van der Waals surface area contributed by atoms with Crippen LogP contribution in [0.3, 0.4) is 0 Å². The first-order valence-electron chi connectivity index (χ1n) is 5.43. The second kappa shape index (κ2) is 3.63. The molecule has 0 radical (unpaired) electrons. The Bertz CT molecular complexity index is 225. The summed E-state index contributed by atoms with van der Waals surface area (Å²) in [5.74, 6) is 0.433. The van der Waals surface area contributed by atoms with E-state index in [-0.39, 0.29) is 24.9 Å². The molecule has 88 valence electrons. The van der Waals surface area contributed by atoms with E-state index in [0.717, 1.165) is 13.1 Å². The summed E-state index contributed by atoms with van der Waals surface area (Å²) in [6.07, 6.45) is -4.13.